The van der Waals surface area contributed by atoms with Crippen molar-refractivity contribution in [2.75, 3.05) is 6.54 Å². The molecule has 0 amide bonds. The maximum absolute atomic E-state index is 13.7. The molecule has 0 aliphatic carbocycles. The summed E-state index contributed by atoms with van der Waals surface area (Å²) in [6.07, 6.45) is 0.634. The van der Waals surface area contributed by atoms with E-state index in [0.29, 0.717) is 20.9 Å². The smallest absolute Gasteiger partial charge is 0.137 e. The summed E-state index contributed by atoms with van der Waals surface area (Å²) < 4.78 is 14.2. The third-order valence-corrected chi connectivity index (χ3v) is 4.68. The molecule has 5 heteroatoms. The zero-order valence-electron chi connectivity index (χ0n) is 11.5. The minimum absolute atomic E-state index is 0.0453. The van der Waals surface area contributed by atoms with E-state index in [9.17, 15) is 4.39 Å². The zero-order valence-corrected chi connectivity index (χ0v) is 14.6. The standard InChI is InChI=1S/C16H15BrCl2FN/c1-2-21-15(12-4-3-5-14(20)16(12)17)9-10-8-11(18)6-7-13(10)19/h3-8,15,21H,2,9H2,1H3. The molecule has 112 valence electrons. The number of nitrogens with one attached hydrogen (secondary N) is 1. The highest BCUT2D eigenvalue weighted by Gasteiger charge is 2.17. The summed E-state index contributed by atoms with van der Waals surface area (Å²) in [6, 6.07) is 10.4. The number of hydrogen-bond acceptors (Lipinski definition) is 1. The molecule has 0 saturated carbocycles. The van der Waals surface area contributed by atoms with E-state index >= 15 is 0 Å². The fraction of sp³-hybridized carbons (Fsp3) is 0.250. The Balaban J connectivity index is 2.35. The second-order valence-corrected chi connectivity index (χ2v) is 6.33. The number of rotatable bonds is 5. The molecule has 0 saturated heterocycles. The van der Waals surface area contributed by atoms with Crippen LogP contribution < -0.4 is 5.32 Å². The summed E-state index contributed by atoms with van der Waals surface area (Å²) >= 11 is 15.6. The molecule has 1 atom stereocenters. The van der Waals surface area contributed by atoms with Crippen LogP contribution in [0.2, 0.25) is 10.0 Å². The van der Waals surface area contributed by atoms with E-state index in [-0.39, 0.29) is 11.9 Å². The van der Waals surface area contributed by atoms with Gasteiger partial charge in [-0.25, -0.2) is 4.39 Å². The Morgan fingerprint density at radius 2 is 2.00 bits per heavy atom. The van der Waals surface area contributed by atoms with Crippen molar-refractivity contribution in [2.45, 2.75) is 19.4 Å². The van der Waals surface area contributed by atoms with Crippen LogP contribution >= 0.6 is 39.1 Å². The van der Waals surface area contributed by atoms with Gasteiger partial charge in [-0.3, -0.25) is 0 Å². The minimum atomic E-state index is -0.271. The van der Waals surface area contributed by atoms with Crippen LogP contribution in [0.25, 0.3) is 0 Å². The predicted octanol–water partition coefficient (Wildman–Crippen LogP) is 5.79. The van der Waals surface area contributed by atoms with Gasteiger partial charge in [-0.2, -0.15) is 0 Å². The third kappa shape index (κ3) is 4.19. The van der Waals surface area contributed by atoms with Crippen LogP contribution in [-0.4, -0.2) is 6.54 Å². The minimum Gasteiger partial charge on any atom is -0.310 e. The van der Waals surface area contributed by atoms with Gasteiger partial charge in [0, 0.05) is 16.1 Å². The Labute approximate surface area is 142 Å². The first-order valence-corrected chi connectivity index (χ1v) is 8.19. The van der Waals surface area contributed by atoms with Crippen molar-refractivity contribution >= 4 is 39.1 Å². The van der Waals surface area contributed by atoms with Crippen molar-refractivity contribution in [1.82, 2.24) is 5.32 Å². The molecule has 1 unspecified atom stereocenters. The summed E-state index contributed by atoms with van der Waals surface area (Å²) in [5.41, 5.74) is 1.80. The average molecular weight is 391 g/mol. The Kier molecular flexibility index (Phi) is 6.06. The van der Waals surface area contributed by atoms with Crippen molar-refractivity contribution in [2.24, 2.45) is 0 Å². The normalized spacial score (nSPS) is 12.4. The van der Waals surface area contributed by atoms with Gasteiger partial charge in [-0.1, -0.05) is 42.3 Å². The van der Waals surface area contributed by atoms with Crippen LogP contribution in [0, 0.1) is 5.82 Å². The van der Waals surface area contributed by atoms with E-state index in [1.165, 1.54) is 6.07 Å². The van der Waals surface area contributed by atoms with Crippen molar-refractivity contribution in [3.05, 3.63) is 67.9 Å². The van der Waals surface area contributed by atoms with Crippen molar-refractivity contribution in [3.63, 3.8) is 0 Å². The van der Waals surface area contributed by atoms with E-state index in [0.717, 1.165) is 17.7 Å². The van der Waals surface area contributed by atoms with Crippen LogP contribution in [-0.2, 0) is 6.42 Å². The second-order valence-electron chi connectivity index (χ2n) is 4.69. The van der Waals surface area contributed by atoms with Gasteiger partial charge >= 0.3 is 0 Å². The van der Waals surface area contributed by atoms with Crippen LogP contribution in [0.5, 0.6) is 0 Å². The average Bonchev–Trinajstić information content (AvgIpc) is 2.45. The van der Waals surface area contributed by atoms with Gasteiger partial charge < -0.3 is 5.32 Å². The fourth-order valence-electron chi connectivity index (χ4n) is 2.25. The van der Waals surface area contributed by atoms with Crippen LogP contribution in [0.15, 0.2) is 40.9 Å². The molecule has 1 N–H and O–H groups in total. The summed E-state index contributed by atoms with van der Waals surface area (Å²) in [7, 11) is 0. The molecule has 2 aromatic carbocycles. The first-order valence-electron chi connectivity index (χ1n) is 6.64. The Bertz CT molecular complexity index is 634. The maximum atomic E-state index is 13.7. The molecule has 0 bridgehead atoms. The largest absolute Gasteiger partial charge is 0.310 e. The van der Waals surface area contributed by atoms with Gasteiger partial charge in [0.1, 0.15) is 5.82 Å². The highest BCUT2D eigenvalue weighted by atomic mass is 79.9. The van der Waals surface area contributed by atoms with Gasteiger partial charge in [0.2, 0.25) is 0 Å². The van der Waals surface area contributed by atoms with E-state index in [4.69, 9.17) is 23.2 Å². The Morgan fingerprint density at radius 1 is 1.24 bits per heavy atom. The summed E-state index contributed by atoms with van der Waals surface area (Å²) in [6.45, 7) is 2.78. The van der Waals surface area contributed by atoms with E-state index in [2.05, 4.69) is 21.2 Å². The molecule has 2 rings (SSSR count). The number of benzene rings is 2. The third-order valence-electron chi connectivity index (χ3n) is 3.24. The lowest BCUT2D eigenvalue weighted by atomic mass is 9.98. The van der Waals surface area contributed by atoms with Crippen LogP contribution in [0.1, 0.15) is 24.1 Å². The first-order chi connectivity index (χ1) is 10.0. The topological polar surface area (TPSA) is 12.0 Å². The molecule has 0 aliphatic rings. The number of likely N-dealkylation sites (N-methyl/N-ethyl adjacent to an activating group) is 1. The Hall–Kier alpha value is -0.610. The van der Waals surface area contributed by atoms with Gasteiger partial charge in [0.25, 0.3) is 0 Å². The SMILES string of the molecule is CCNC(Cc1cc(Cl)ccc1Cl)c1cccc(F)c1Br. The molecular formula is C16H15BrCl2FN. The zero-order chi connectivity index (χ0) is 15.4. The first kappa shape index (κ1) is 16.8. The monoisotopic (exact) mass is 389 g/mol. The molecule has 0 spiro atoms. The number of halogens is 4. The van der Waals surface area contributed by atoms with E-state index in [1.54, 1.807) is 18.2 Å². The van der Waals surface area contributed by atoms with Gasteiger partial charge in [-0.15, -0.1) is 0 Å². The van der Waals surface area contributed by atoms with E-state index in [1.807, 2.05) is 19.1 Å². The van der Waals surface area contributed by atoms with Gasteiger partial charge in [0.05, 0.1) is 4.47 Å². The van der Waals surface area contributed by atoms with Crippen LogP contribution in [0.4, 0.5) is 4.39 Å². The molecule has 0 aromatic heterocycles. The van der Waals surface area contributed by atoms with E-state index < -0.39 is 0 Å². The molecule has 0 fully saturated rings. The lowest BCUT2D eigenvalue weighted by Gasteiger charge is -2.21. The summed E-state index contributed by atoms with van der Waals surface area (Å²) in [4.78, 5) is 0. The van der Waals surface area contributed by atoms with Crippen molar-refractivity contribution in [1.29, 1.82) is 0 Å². The molecule has 1 nitrogen and oxygen atoms in total. The summed E-state index contributed by atoms with van der Waals surface area (Å²) in [5.74, 6) is -0.271. The van der Waals surface area contributed by atoms with Gasteiger partial charge in [-0.05, 0) is 64.3 Å². The highest BCUT2D eigenvalue weighted by molar-refractivity contribution is 9.10. The molecule has 0 radical (unpaired) electrons. The lowest BCUT2D eigenvalue weighted by Crippen LogP contribution is -2.23. The van der Waals surface area contributed by atoms with Crippen molar-refractivity contribution < 1.29 is 4.39 Å². The lowest BCUT2D eigenvalue weighted by molar-refractivity contribution is 0.539. The van der Waals surface area contributed by atoms with Gasteiger partial charge in [0.15, 0.2) is 0 Å². The number of hydrogen-bond donors (Lipinski definition) is 1. The highest BCUT2D eigenvalue weighted by Crippen LogP contribution is 2.31. The molecule has 0 aliphatic heterocycles. The molecule has 2 aromatic rings. The molecule has 0 heterocycles. The fourth-order valence-corrected chi connectivity index (χ4v) is 3.18. The maximum Gasteiger partial charge on any atom is 0.137 e. The molecular weight excluding hydrogens is 376 g/mol. The molecule has 21 heavy (non-hydrogen) atoms. The quantitative estimate of drug-likeness (QED) is 0.681. The summed E-state index contributed by atoms with van der Waals surface area (Å²) in [5, 5.41) is 4.67. The van der Waals surface area contributed by atoms with Crippen molar-refractivity contribution in [3.8, 4) is 0 Å². The van der Waals surface area contributed by atoms with Crippen LogP contribution in [0.3, 0.4) is 0 Å². The second kappa shape index (κ2) is 7.59. The Morgan fingerprint density at radius 3 is 2.71 bits per heavy atom. The predicted molar refractivity (Wildman–Crippen MR) is 90.7 cm³/mol.